The normalized spacial score (nSPS) is 27.5. The van der Waals surface area contributed by atoms with Crippen molar-refractivity contribution in [2.75, 3.05) is 6.61 Å². The lowest BCUT2D eigenvalue weighted by molar-refractivity contribution is -0.189. The molecule has 0 unspecified atom stereocenters. The zero-order chi connectivity index (χ0) is 16.3. The molecular formula is C15H17F4NO2. The molecule has 122 valence electrons. The Bertz CT molecular complexity index is 614. The molecular weight excluding hydrogens is 302 g/mol. The number of halogens is 4. The molecule has 1 fully saturated rings. The minimum absolute atomic E-state index is 0.385. The third-order valence-corrected chi connectivity index (χ3v) is 4.40. The monoisotopic (exact) mass is 319 g/mol. The highest BCUT2D eigenvalue weighted by molar-refractivity contribution is 5.48. The predicted molar refractivity (Wildman–Crippen MR) is 71.1 cm³/mol. The maximum absolute atomic E-state index is 13.8. The van der Waals surface area contributed by atoms with Gasteiger partial charge < -0.3 is 15.2 Å². The Kier molecular flexibility index (Phi) is 3.24. The van der Waals surface area contributed by atoms with Gasteiger partial charge in [0.15, 0.2) is 0 Å². The van der Waals surface area contributed by atoms with E-state index in [0.717, 1.165) is 0 Å². The molecule has 1 saturated heterocycles. The van der Waals surface area contributed by atoms with Gasteiger partial charge in [-0.1, -0.05) is 13.8 Å². The van der Waals surface area contributed by atoms with E-state index in [1.165, 1.54) is 12.1 Å². The van der Waals surface area contributed by atoms with Crippen LogP contribution in [-0.4, -0.2) is 24.6 Å². The summed E-state index contributed by atoms with van der Waals surface area (Å²) in [6.45, 7) is 3.64. The van der Waals surface area contributed by atoms with Crippen molar-refractivity contribution in [1.29, 1.82) is 0 Å². The number of fused-ring (bicyclic) bond motifs is 1. The molecule has 0 radical (unpaired) electrons. The Balaban J connectivity index is 1.98. The molecule has 1 aromatic carbocycles. The zero-order valence-corrected chi connectivity index (χ0v) is 12.3. The number of hydrogen-bond acceptors (Lipinski definition) is 3. The maximum atomic E-state index is 13.8. The first-order chi connectivity index (χ1) is 10.1. The van der Waals surface area contributed by atoms with E-state index in [2.05, 4.69) is 0 Å². The van der Waals surface area contributed by atoms with Crippen molar-refractivity contribution in [3.63, 3.8) is 0 Å². The van der Waals surface area contributed by atoms with E-state index in [0.29, 0.717) is 29.9 Å². The zero-order valence-electron chi connectivity index (χ0n) is 12.3. The molecule has 2 atom stereocenters. The molecule has 2 N–H and O–H groups in total. The number of benzene rings is 1. The summed E-state index contributed by atoms with van der Waals surface area (Å²) in [6.07, 6.45) is -5.78. The Morgan fingerprint density at radius 1 is 1.32 bits per heavy atom. The largest absolute Gasteiger partial charge is 0.493 e. The molecule has 7 heteroatoms. The number of rotatable bonds is 3. The lowest BCUT2D eigenvalue weighted by Crippen LogP contribution is -2.42. The van der Waals surface area contributed by atoms with Gasteiger partial charge in [-0.2, -0.15) is 13.2 Å². The fourth-order valence-electron chi connectivity index (χ4n) is 3.19. The van der Waals surface area contributed by atoms with Crippen molar-refractivity contribution >= 4 is 0 Å². The fraction of sp³-hybridized carbons (Fsp3) is 0.600. The summed E-state index contributed by atoms with van der Waals surface area (Å²) in [5.74, 6) is 0.00680. The van der Waals surface area contributed by atoms with Gasteiger partial charge >= 0.3 is 6.18 Å². The molecule has 3 rings (SSSR count). The van der Waals surface area contributed by atoms with E-state index >= 15 is 0 Å². The van der Waals surface area contributed by atoms with Crippen LogP contribution < -0.4 is 10.5 Å². The van der Waals surface area contributed by atoms with Crippen LogP contribution >= 0.6 is 0 Å². The van der Waals surface area contributed by atoms with E-state index in [1.807, 2.05) is 0 Å². The molecule has 0 spiro atoms. The predicted octanol–water partition coefficient (Wildman–Crippen LogP) is 3.04. The minimum Gasteiger partial charge on any atom is -0.493 e. The molecule has 3 nitrogen and oxygen atoms in total. The lowest BCUT2D eigenvalue weighted by atomic mass is 9.75. The molecule has 2 aliphatic heterocycles. The van der Waals surface area contributed by atoms with Crippen molar-refractivity contribution in [2.24, 2.45) is 5.73 Å². The third-order valence-electron chi connectivity index (χ3n) is 4.40. The fourth-order valence-corrected chi connectivity index (χ4v) is 3.19. The second kappa shape index (κ2) is 4.58. The number of ether oxygens (including phenoxy) is 2. The van der Waals surface area contributed by atoms with E-state index in [4.69, 9.17) is 15.2 Å². The average Bonchev–Trinajstić information content (AvgIpc) is 2.83. The summed E-state index contributed by atoms with van der Waals surface area (Å²) in [7, 11) is 0. The van der Waals surface area contributed by atoms with Gasteiger partial charge in [0.25, 0.3) is 0 Å². The maximum Gasteiger partial charge on any atom is 0.421 e. The van der Waals surface area contributed by atoms with Crippen LogP contribution in [0.1, 0.15) is 31.4 Å². The number of nitrogens with two attached hydrogens (primary N) is 1. The van der Waals surface area contributed by atoms with Crippen molar-refractivity contribution in [1.82, 2.24) is 0 Å². The van der Waals surface area contributed by atoms with Crippen LogP contribution in [0.15, 0.2) is 12.1 Å². The van der Waals surface area contributed by atoms with Gasteiger partial charge in [0.2, 0.25) is 5.60 Å². The third kappa shape index (κ3) is 2.27. The highest BCUT2D eigenvalue weighted by atomic mass is 19.4. The summed E-state index contributed by atoms with van der Waals surface area (Å²) < 4.78 is 63.7. The van der Waals surface area contributed by atoms with Gasteiger partial charge in [-0.15, -0.1) is 0 Å². The molecule has 1 aromatic rings. The van der Waals surface area contributed by atoms with Gasteiger partial charge in [-0.25, -0.2) is 4.39 Å². The Labute approximate surface area is 125 Å². The number of hydrogen-bond donors (Lipinski definition) is 1. The van der Waals surface area contributed by atoms with Crippen LogP contribution in [0.2, 0.25) is 0 Å². The number of epoxide rings is 1. The van der Waals surface area contributed by atoms with Gasteiger partial charge in [0.05, 0.1) is 6.61 Å². The quantitative estimate of drug-likeness (QED) is 0.688. The molecule has 0 aliphatic carbocycles. The summed E-state index contributed by atoms with van der Waals surface area (Å²) in [5.41, 5.74) is 3.11. The van der Waals surface area contributed by atoms with Crippen molar-refractivity contribution in [3.05, 3.63) is 29.1 Å². The minimum atomic E-state index is -4.57. The average molecular weight is 319 g/mol. The van der Waals surface area contributed by atoms with Crippen molar-refractivity contribution in [3.8, 4) is 5.75 Å². The Morgan fingerprint density at radius 2 is 1.95 bits per heavy atom. The van der Waals surface area contributed by atoms with E-state index in [1.54, 1.807) is 13.8 Å². The van der Waals surface area contributed by atoms with Crippen LogP contribution in [0.4, 0.5) is 17.6 Å². The highest BCUT2D eigenvalue weighted by Crippen LogP contribution is 2.55. The van der Waals surface area contributed by atoms with Gasteiger partial charge in [0.1, 0.15) is 17.8 Å². The summed E-state index contributed by atoms with van der Waals surface area (Å²) in [5, 5.41) is 0. The van der Waals surface area contributed by atoms with Crippen molar-refractivity contribution in [2.45, 2.75) is 50.1 Å². The summed E-state index contributed by atoms with van der Waals surface area (Å²) >= 11 is 0. The molecule has 0 amide bonds. The molecule has 2 aliphatic rings. The molecule has 0 bridgehead atoms. The Morgan fingerprint density at radius 3 is 2.50 bits per heavy atom. The van der Waals surface area contributed by atoms with Crippen molar-refractivity contribution < 1.29 is 27.0 Å². The van der Waals surface area contributed by atoms with Gasteiger partial charge in [0, 0.05) is 17.5 Å². The van der Waals surface area contributed by atoms with E-state index < -0.39 is 29.2 Å². The SMILES string of the molecule is CC(C)(C[C@@]1(C(F)(F)F)O[C@@H]1N)c1cc(F)cc2c1OCC2. The molecule has 0 saturated carbocycles. The first kappa shape index (κ1) is 15.6. The molecule has 2 heterocycles. The topological polar surface area (TPSA) is 47.8 Å². The summed E-state index contributed by atoms with van der Waals surface area (Å²) in [6, 6.07) is 2.60. The van der Waals surface area contributed by atoms with E-state index in [-0.39, 0.29) is 6.42 Å². The summed E-state index contributed by atoms with van der Waals surface area (Å²) in [4.78, 5) is 0. The number of alkyl halides is 3. The molecule has 22 heavy (non-hydrogen) atoms. The standard InChI is InChI=1S/C15H17F4NO2/c1-13(2,7-14(12(20)22-14)15(17,18)19)10-6-9(16)5-8-3-4-21-11(8)10/h5-6,12H,3-4,7,20H2,1-2H3/t12-,14+/m0/s1. The van der Waals surface area contributed by atoms with Crippen LogP contribution in [-0.2, 0) is 16.6 Å². The van der Waals surface area contributed by atoms with Gasteiger partial charge in [-0.3, -0.25) is 0 Å². The van der Waals surface area contributed by atoms with Crippen LogP contribution in [0.3, 0.4) is 0 Å². The van der Waals surface area contributed by atoms with Gasteiger partial charge in [-0.05, 0) is 24.0 Å². The molecule has 0 aromatic heterocycles. The first-order valence-electron chi connectivity index (χ1n) is 7.03. The second-order valence-electron chi connectivity index (χ2n) is 6.53. The van der Waals surface area contributed by atoms with Crippen LogP contribution in [0, 0.1) is 5.82 Å². The Hall–Kier alpha value is -1.34. The lowest BCUT2D eigenvalue weighted by Gasteiger charge is -2.31. The first-order valence-corrected chi connectivity index (χ1v) is 7.03. The highest BCUT2D eigenvalue weighted by Gasteiger charge is 2.73. The smallest absolute Gasteiger partial charge is 0.421 e. The van der Waals surface area contributed by atoms with E-state index in [9.17, 15) is 17.6 Å². The van der Waals surface area contributed by atoms with Crippen LogP contribution in [0.5, 0.6) is 5.75 Å². The second-order valence-corrected chi connectivity index (χ2v) is 6.53. The van der Waals surface area contributed by atoms with Crippen LogP contribution in [0.25, 0.3) is 0 Å².